The van der Waals surface area contributed by atoms with E-state index in [0.29, 0.717) is 28.9 Å². The lowest BCUT2D eigenvalue weighted by Crippen LogP contribution is -2.15. The number of ether oxygens (including phenoxy) is 2. The number of fused-ring (bicyclic) bond motifs is 3. The summed E-state index contributed by atoms with van der Waals surface area (Å²) in [6.45, 7) is 3.92. The van der Waals surface area contributed by atoms with Crippen molar-refractivity contribution in [3.05, 3.63) is 52.4 Å². The highest BCUT2D eigenvalue weighted by Gasteiger charge is 2.13. The maximum atomic E-state index is 12.2. The van der Waals surface area contributed by atoms with Gasteiger partial charge >= 0.3 is 11.6 Å². The third kappa shape index (κ3) is 2.97. The summed E-state index contributed by atoms with van der Waals surface area (Å²) in [7, 11) is 0. The van der Waals surface area contributed by atoms with Crippen molar-refractivity contribution in [1.29, 1.82) is 0 Å². The Kier molecular flexibility index (Phi) is 4.51. The molecule has 0 spiro atoms. The maximum Gasteiger partial charge on any atom is 0.344 e. The molecule has 0 N–H and O–H groups in total. The number of esters is 1. The highest BCUT2D eigenvalue weighted by molar-refractivity contribution is 6.05. The van der Waals surface area contributed by atoms with Crippen LogP contribution in [-0.4, -0.2) is 19.2 Å². The van der Waals surface area contributed by atoms with Crippen LogP contribution in [0.15, 0.2) is 45.6 Å². The molecule has 3 aromatic rings. The fraction of sp³-hybridized carbons (Fsp3) is 0.263. The van der Waals surface area contributed by atoms with Crippen LogP contribution >= 0.6 is 0 Å². The van der Waals surface area contributed by atoms with Gasteiger partial charge in [-0.2, -0.15) is 0 Å². The SMILES string of the molecule is CCCOC(=O)COc1ccc2c(oc(=O)c3ccccc32)c1C. The quantitative estimate of drug-likeness (QED) is 0.407. The normalized spacial score (nSPS) is 10.9. The highest BCUT2D eigenvalue weighted by atomic mass is 16.6. The molecule has 5 nitrogen and oxygen atoms in total. The van der Waals surface area contributed by atoms with Gasteiger partial charge in [-0.05, 0) is 36.9 Å². The first kappa shape index (κ1) is 16.1. The van der Waals surface area contributed by atoms with E-state index in [9.17, 15) is 9.59 Å². The molecule has 0 aliphatic heterocycles. The van der Waals surface area contributed by atoms with Crippen LogP contribution in [0.4, 0.5) is 0 Å². The monoisotopic (exact) mass is 326 g/mol. The average molecular weight is 326 g/mol. The van der Waals surface area contributed by atoms with Crippen molar-refractivity contribution in [2.24, 2.45) is 0 Å². The van der Waals surface area contributed by atoms with Crippen LogP contribution in [0.5, 0.6) is 5.75 Å². The predicted molar refractivity (Wildman–Crippen MR) is 91.5 cm³/mol. The van der Waals surface area contributed by atoms with E-state index in [1.54, 1.807) is 25.1 Å². The molecule has 0 unspecified atom stereocenters. The van der Waals surface area contributed by atoms with Gasteiger partial charge in [0.1, 0.15) is 11.3 Å². The van der Waals surface area contributed by atoms with E-state index in [1.807, 2.05) is 25.1 Å². The average Bonchev–Trinajstić information content (AvgIpc) is 2.60. The molecule has 0 fully saturated rings. The van der Waals surface area contributed by atoms with Crippen LogP contribution in [0.1, 0.15) is 18.9 Å². The van der Waals surface area contributed by atoms with Gasteiger partial charge in [0, 0.05) is 10.9 Å². The predicted octanol–water partition coefficient (Wildman–Crippen LogP) is 3.59. The molecule has 0 atom stereocenters. The molecule has 124 valence electrons. The Labute approximate surface area is 138 Å². The zero-order valence-electron chi connectivity index (χ0n) is 13.6. The fourth-order valence-electron chi connectivity index (χ4n) is 2.61. The first-order valence-corrected chi connectivity index (χ1v) is 7.85. The van der Waals surface area contributed by atoms with E-state index >= 15 is 0 Å². The Hall–Kier alpha value is -2.82. The van der Waals surface area contributed by atoms with Gasteiger partial charge in [0.2, 0.25) is 0 Å². The van der Waals surface area contributed by atoms with Crippen molar-refractivity contribution < 1.29 is 18.7 Å². The van der Waals surface area contributed by atoms with E-state index < -0.39 is 5.97 Å². The maximum absolute atomic E-state index is 12.2. The van der Waals surface area contributed by atoms with E-state index in [-0.39, 0.29) is 12.2 Å². The van der Waals surface area contributed by atoms with E-state index in [4.69, 9.17) is 13.9 Å². The summed E-state index contributed by atoms with van der Waals surface area (Å²) in [6.07, 6.45) is 0.763. The molecule has 0 bridgehead atoms. The molecule has 0 saturated carbocycles. The summed E-state index contributed by atoms with van der Waals surface area (Å²) in [5.74, 6) is 0.0747. The van der Waals surface area contributed by atoms with Crippen molar-refractivity contribution in [3.8, 4) is 5.75 Å². The van der Waals surface area contributed by atoms with Gasteiger partial charge in [-0.15, -0.1) is 0 Å². The van der Waals surface area contributed by atoms with Crippen LogP contribution in [0.25, 0.3) is 21.7 Å². The van der Waals surface area contributed by atoms with E-state index in [0.717, 1.165) is 17.2 Å². The van der Waals surface area contributed by atoms with Gasteiger partial charge in [0.25, 0.3) is 0 Å². The second kappa shape index (κ2) is 6.74. The molecule has 0 amide bonds. The van der Waals surface area contributed by atoms with Crippen molar-refractivity contribution in [2.45, 2.75) is 20.3 Å². The summed E-state index contributed by atoms with van der Waals surface area (Å²) in [5, 5.41) is 2.21. The summed E-state index contributed by atoms with van der Waals surface area (Å²) < 4.78 is 16.0. The molecular weight excluding hydrogens is 308 g/mol. The van der Waals surface area contributed by atoms with Crippen LogP contribution in [0, 0.1) is 6.92 Å². The van der Waals surface area contributed by atoms with Gasteiger partial charge in [-0.3, -0.25) is 0 Å². The lowest BCUT2D eigenvalue weighted by Gasteiger charge is -2.11. The van der Waals surface area contributed by atoms with E-state index in [2.05, 4.69) is 0 Å². The molecule has 5 heteroatoms. The highest BCUT2D eigenvalue weighted by Crippen LogP contribution is 2.30. The number of rotatable bonds is 5. The Bertz CT molecular complexity index is 955. The second-order valence-corrected chi connectivity index (χ2v) is 5.51. The zero-order chi connectivity index (χ0) is 17.1. The number of carbonyl (C=O) groups is 1. The molecule has 0 aliphatic rings. The van der Waals surface area contributed by atoms with Gasteiger partial charge in [0.15, 0.2) is 6.61 Å². The topological polar surface area (TPSA) is 65.7 Å². The number of hydrogen-bond donors (Lipinski definition) is 0. The largest absolute Gasteiger partial charge is 0.481 e. The molecule has 24 heavy (non-hydrogen) atoms. The molecule has 2 aromatic carbocycles. The van der Waals surface area contributed by atoms with Crippen molar-refractivity contribution in [2.75, 3.05) is 13.2 Å². The third-order valence-electron chi connectivity index (χ3n) is 3.80. The number of benzene rings is 2. The molecule has 3 rings (SSSR count). The van der Waals surface area contributed by atoms with E-state index in [1.165, 1.54) is 0 Å². The second-order valence-electron chi connectivity index (χ2n) is 5.51. The van der Waals surface area contributed by atoms with Gasteiger partial charge < -0.3 is 13.9 Å². The van der Waals surface area contributed by atoms with Gasteiger partial charge in [-0.25, -0.2) is 9.59 Å². The standard InChI is InChI=1S/C19H18O5/c1-3-10-22-17(20)11-23-16-9-8-14-13-6-4-5-7-15(13)19(21)24-18(14)12(16)2/h4-9H,3,10-11H2,1-2H3. The van der Waals surface area contributed by atoms with Crippen molar-refractivity contribution in [1.82, 2.24) is 0 Å². The minimum atomic E-state index is -0.420. The summed E-state index contributed by atoms with van der Waals surface area (Å²) >= 11 is 0. The Balaban J connectivity index is 1.98. The summed E-state index contributed by atoms with van der Waals surface area (Å²) in [4.78, 5) is 23.7. The minimum absolute atomic E-state index is 0.176. The molecule has 0 radical (unpaired) electrons. The Morgan fingerprint density at radius 1 is 1.08 bits per heavy atom. The molecule has 1 aromatic heterocycles. The number of carbonyl (C=O) groups excluding carboxylic acids is 1. The minimum Gasteiger partial charge on any atom is -0.481 e. The van der Waals surface area contributed by atoms with Gasteiger partial charge in [0.05, 0.1) is 12.0 Å². The van der Waals surface area contributed by atoms with Gasteiger partial charge in [-0.1, -0.05) is 25.1 Å². The van der Waals surface area contributed by atoms with Crippen LogP contribution in [-0.2, 0) is 9.53 Å². The lowest BCUT2D eigenvalue weighted by atomic mass is 10.0. The molecule has 1 heterocycles. The summed E-state index contributed by atoms with van der Waals surface area (Å²) in [5.41, 5.74) is 0.762. The van der Waals surface area contributed by atoms with Crippen molar-refractivity contribution >= 4 is 27.7 Å². The Morgan fingerprint density at radius 2 is 1.83 bits per heavy atom. The Morgan fingerprint density at radius 3 is 2.58 bits per heavy atom. The summed E-state index contributed by atoms with van der Waals surface area (Å²) in [6, 6.07) is 10.9. The third-order valence-corrected chi connectivity index (χ3v) is 3.80. The fourth-order valence-corrected chi connectivity index (χ4v) is 2.61. The molecule has 0 saturated heterocycles. The first-order valence-electron chi connectivity index (χ1n) is 7.85. The number of hydrogen-bond acceptors (Lipinski definition) is 5. The lowest BCUT2D eigenvalue weighted by molar-refractivity contribution is -0.146. The van der Waals surface area contributed by atoms with Crippen LogP contribution < -0.4 is 10.4 Å². The van der Waals surface area contributed by atoms with Crippen molar-refractivity contribution in [3.63, 3.8) is 0 Å². The smallest absolute Gasteiger partial charge is 0.344 e. The zero-order valence-corrected chi connectivity index (χ0v) is 13.6. The molecular formula is C19H18O5. The van der Waals surface area contributed by atoms with Crippen LogP contribution in [0.3, 0.4) is 0 Å². The number of aryl methyl sites for hydroxylation is 1. The van der Waals surface area contributed by atoms with Crippen LogP contribution in [0.2, 0.25) is 0 Å². The molecule has 0 aliphatic carbocycles. The first-order chi connectivity index (χ1) is 11.6.